The van der Waals surface area contributed by atoms with Crippen molar-refractivity contribution in [3.63, 3.8) is 0 Å². The maximum atomic E-state index is 13.6. The molecule has 0 aliphatic carbocycles. The Kier molecular flexibility index (Phi) is 4.02. The van der Waals surface area contributed by atoms with Crippen molar-refractivity contribution < 1.29 is 12.8 Å². The van der Waals surface area contributed by atoms with Crippen molar-refractivity contribution in [2.45, 2.75) is 25.3 Å². The normalized spacial score (nSPS) is 12.0. The van der Waals surface area contributed by atoms with Crippen LogP contribution in [0.4, 0.5) is 10.1 Å². The van der Waals surface area contributed by atoms with E-state index in [9.17, 15) is 12.8 Å². The molecule has 1 heterocycles. The van der Waals surface area contributed by atoms with E-state index in [4.69, 9.17) is 5.73 Å². The number of hydrogen-bond acceptors (Lipinski definition) is 4. The van der Waals surface area contributed by atoms with Gasteiger partial charge in [0.1, 0.15) is 11.6 Å². The molecule has 3 N–H and O–H groups in total. The second kappa shape index (κ2) is 5.45. The zero-order valence-electron chi connectivity index (χ0n) is 12.0. The fourth-order valence-electron chi connectivity index (χ4n) is 2.16. The smallest absolute Gasteiger partial charge is 0.243 e. The summed E-state index contributed by atoms with van der Waals surface area (Å²) >= 11 is 0. The number of nitrogens with one attached hydrogen (secondary N) is 1. The highest BCUT2D eigenvalue weighted by Gasteiger charge is 2.27. The summed E-state index contributed by atoms with van der Waals surface area (Å²) in [5.74, 6) is -0.0934. The second-order valence-electron chi connectivity index (χ2n) is 4.84. The first-order valence-electron chi connectivity index (χ1n) is 6.25. The molecule has 0 bridgehead atoms. The fraction of sp³-hybridized carbons (Fsp3) is 0.308. The number of halogens is 1. The lowest BCUT2D eigenvalue weighted by Gasteiger charge is -2.20. The maximum absolute atomic E-state index is 13.6. The molecule has 1 aromatic carbocycles. The van der Waals surface area contributed by atoms with Crippen molar-refractivity contribution in [3.05, 3.63) is 41.2 Å². The van der Waals surface area contributed by atoms with E-state index in [0.717, 1.165) is 10.4 Å². The van der Waals surface area contributed by atoms with Gasteiger partial charge in [-0.2, -0.15) is 4.31 Å². The molecule has 0 spiro atoms. The van der Waals surface area contributed by atoms with Gasteiger partial charge in [0.25, 0.3) is 0 Å². The van der Waals surface area contributed by atoms with Gasteiger partial charge in [0.05, 0.1) is 17.1 Å². The Labute approximate surface area is 122 Å². The minimum absolute atomic E-state index is 0.0375. The summed E-state index contributed by atoms with van der Waals surface area (Å²) in [5, 5.41) is 0. The number of H-pyrrole nitrogens is 1. The molecule has 1 aromatic heterocycles. The molecule has 0 atom stereocenters. The SMILES string of the molecule is Cc1cc(F)c(N)c(C)c1S(=O)(=O)N(C)Cc1ncc[nH]1. The Bertz CT molecular complexity index is 757. The van der Waals surface area contributed by atoms with E-state index in [-0.39, 0.29) is 22.7 Å². The molecular formula is C13H17FN4O2S. The van der Waals surface area contributed by atoms with E-state index in [1.54, 1.807) is 19.3 Å². The second-order valence-corrected chi connectivity index (χ2v) is 6.82. The van der Waals surface area contributed by atoms with Gasteiger partial charge < -0.3 is 10.7 Å². The summed E-state index contributed by atoms with van der Waals surface area (Å²) in [6, 6.07) is 1.13. The molecule has 0 fully saturated rings. The number of aromatic amines is 1. The zero-order chi connectivity index (χ0) is 15.8. The summed E-state index contributed by atoms with van der Waals surface area (Å²) in [7, 11) is -2.35. The average molecular weight is 312 g/mol. The molecule has 8 heteroatoms. The third-order valence-corrected chi connectivity index (χ3v) is 5.39. The Morgan fingerprint density at radius 2 is 2.10 bits per heavy atom. The minimum Gasteiger partial charge on any atom is -0.396 e. The molecule has 21 heavy (non-hydrogen) atoms. The highest BCUT2D eigenvalue weighted by Crippen LogP contribution is 2.29. The monoisotopic (exact) mass is 312 g/mol. The van der Waals surface area contributed by atoms with Crippen LogP contribution in [0.25, 0.3) is 0 Å². The predicted octanol–water partition coefficient (Wildman–Crippen LogP) is 1.57. The van der Waals surface area contributed by atoms with Gasteiger partial charge >= 0.3 is 0 Å². The van der Waals surface area contributed by atoms with Crippen molar-refractivity contribution in [2.75, 3.05) is 12.8 Å². The van der Waals surface area contributed by atoms with E-state index < -0.39 is 15.8 Å². The molecule has 2 aromatic rings. The Balaban J connectivity index is 2.47. The molecule has 0 saturated heterocycles. The van der Waals surface area contributed by atoms with E-state index in [1.807, 2.05) is 0 Å². The summed E-state index contributed by atoms with van der Waals surface area (Å²) in [6.07, 6.45) is 3.16. The van der Waals surface area contributed by atoms with Gasteiger partial charge in [-0.1, -0.05) is 0 Å². The number of aromatic nitrogens is 2. The number of sulfonamides is 1. The van der Waals surface area contributed by atoms with E-state index in [1.165, 1.54) is 14.0 Å². The van der Waals surface area contributed by atoms with Crippen molar-refractivity contribution in [2.24, 2.45) is 0 Å². The molecule has 2 rings (SSSR count). The van der Waals surface area contributed by atoms with Crippen LogP contribution in [-0.2, 0) is 16.6 Å². The molecule has 6 nitrogen and oxygen atoms in total. The average Bonchev–Trinajstić information content (AvgIpc) is 2.88. The molecule has 0 saturated carbocycles. The summed E-state index contributed by atoms with van der Waals surface area (Å²) in [5.41, 5.74) is 6.01. The Morgan fingerprint density at radius 3 is 2.67 bits per heavy atom. The van der Waals surface area contributed by atoms with Crippen LogP contribution in [0, 0.1) is 19.7 Å². The van der Waals surface area contributed by atoms with Crippen LogP contribution in [0.15, 0.2) is 23.4 Å². The molecule has 0 radical (unpaired) electrons. The highest BCUT2D eigenvalue weighted by molar-refractivity contribution is 7.89. The largest absolute Gasteiger partial charge is 0.396 e. The van der Waals surface area contributed by atoms with Gasteiger partial charge in [0.15, 0.2) is 0 Å². The first-order chi connectivity index (χ1) is 9.75. The molecule has 114 valence electrons. The minimum atomic E-state index is -3.79. The molecule has 0 unspecified atom stereocenters. The van der Waals surface area contributed by atoms with E-state index in [0.29, 0.717) is 11.4 Å². The number of anilines is 1. The number of nitrogens with zero attached hydrogens (tertiary/aromatic N) is 2. The summed E-state index contributed by atoms with van der Waals surface area (Å²) in [6.45, 7) is 3.13. The van der Waals surface area contributed by atoms with Gasteiger partial charge in [-0.25, -0.2) is 17.8 Å². The van der Waals surface area contributed by atoms with Gasteiger partial charge in [0.2, 0.25) is 10.0 Å². The quantitative estimate of drug-likeness (QED) is 0.838. The number of nitrogen functional groups attached to an aromatic ring is 1. The molecule has 0 aliphatic heterocycles. The highest BCUT2D eigenvalue weighted by atomic mass is 32.2. The number of nitrogens with two attached hydrogens (primary N) is 1. The molecule has 0 amide bonds. The van der Waals surface area contributed by atoms with Gasteiger partial charge in [-0.05, 0) is 31.0 Å². The number of aryl methyl sites for hydroxylation is 1. The van der Waals surface area contributed by atoms with Crippen molar-refractivity contribution in [3.8, 4) is 0 Å². The van der Waals surface area contributed by atoms with Crippen LogP contribution < -0.4 is 5.73 Å². The van der Waals surface area contributed by atoms with Crippen molar-refractivity contribution in [1.82, 2.24) is 14.3 Å². The fourth-order valence-corrected chi connectivity index (χ4v) is 3.73. The van der Waals surface area contributed by atoms with Crippen LogP contribution in [0.2, 0.25) is 0 Å². The third kappa shape index (κ3) is 2.77. The lowest BCUT2D eigenvalue weighted by Crippen LogP contribution is -2.28. The van der Waals surface area contributed by atoms with Crippen LogP contribution in [0.5, 0.6) is 0 Å². The van der Waals surface area contributed by atoms with Gasteiger partial charge in [-0.15, -0.1) is 0 Å². The summed E-state index contributed by atoms with van der Waals surface area (Å²) in [4.78, 5) is 6.87. The predicted molar refractivity (Wildman–Crippen MR) is 77.5 cm³/mol. The first-order valence-corrected chi connectivity index (χ1v) is 7.69. The number of benzene rings is 1. The molecule has 0 aliphatic rings. The van der Waals surface area contributed by atoms with Crippen LogP contribution in [-0.4, -0.2) is 29.7 Å². The van der Waals surface area contributed by atoms with Crippen LogP contribution in [0.1, 0.15) is 17.0 Å². The third-order valence-electron chi connectivity index (χ3n) is 3.30. The van der Waals surface area contributed by atoms with Crippen molar-refractivity contribution >= 4 is 15.7 Å². The number of rotatable bonds is 4. The van der Waals surface area contributed by atoms with Gasteiger partial charge in [0, 0.05) is 19.4 Å². The van der Waals surface area contributed by atoms with Crippen LogP contribution >= 0.6 is 0 Å². The maximum Gasteiger partial charge on any atom is 0.243 e. The standard InChI is InChI=1S/C13H17FN4O2S/c1-8-6-10(14)12(15)9(2)13(8)21(19,20)18(3)7-11-16-4-5-17-11/h4-6H,7,15H2,1-3H3,(H,16,17). The summed E-state index contributed by atoms with van der Waals surface area (Å²) < 4.78 is 40.1. The number of hydrogen-bond donors (Lipinski definition) is 2. The van der Waals surface area contributed by atoms with Gasteiger partial charge in [-0.3, -0.25) is 0 Å². The van der Waals surface area contributed by atoms with Crippen LogP contribution in [0.3, 0.4) is 0 Å². The lowest BCUT2D eigenvalue weighted by atomic mass is 10.1. The topological polar surface area (TPSA) is 92.1 Å². The van der Waals surface area contributed by atoms with Crippen molar-refractivity contribution in [1.29, 1.82) is 0 Å². The number of imidazole rings is 1. The first kappa shape index (κ1) is 15.5. The van der Waals surface area contributed by atoms with E-state index in [2.05, 4.69) is 9.97 Å². The lowest BCUT2D eigenvalue weighted by molar-refractivity contribution is 0.457. The Morgan fingerprint density at radius 1 is 1.43 bits per heavy atom. The van der Waals surface area contributed by atoms with E-state index >= 15 is 0 Å². The molecular weight excluding hydrogens is 295 g/mol. The Hall–Kier alpha value is -1.93. The zero-order valence-corrected chi connectivity index (χ0v) is 12.8.